The fraction of sp³-hybridized carbons (Fsp3) is 0.385. The van der Waals surface area contributed by atoms with E-state index in [9.17, 15) is 8.42 Å². The minimum absolute atomic E-state index is 0.129. The summed E-state index contributed by atoms with van der Waals surface area (Å²) in [7, 11) is -2.98. The quantitative estimate of drug-likeness (QED) is 0.865. The van der Waals surface area contributed by atoms with E-state index in [4.69, 9.17) is 12.2 Å². The number of nitrogens with zero attached hydrogens (tertiary/aromatic N) is 2. The van der Waals surface area contributed by atoms with Crippen LogP contribution in [0.2, 0.25) is 0 Å². The van der Waals surface area contributed by atoms with E-state index in [0.717, 1.165) is 12.0 Å². The van der Waals surface area contributed by atoms with Gasteiger partial charge in [0.15, 0.2) is 20.4 Å². The third-order valence-electron chi connectivity index (χ3n) is 3.54. The summed E-state index contributed by atoms with van der Waals surface area (Å²) in [5, 5.41) is 7.04. The Morgan fingerprint density at radius 2 is 2.05 bits per heavy atom. The first-order valence-electron chi connectivity index (χ1n) is 6.49. The van der Waals surface area contributed by atoms with Crippen molar-refractivity contribution in [2.75, 3.05) is 11.5 Å². The van der Waals surface area contributed by atoms with Crippen LogP contribution in [0.1, 0.15) is 18.9 Å². The molecular weight excluding hydrogens is 294 g/mol. The van der Waals surface area contributed by atoms with Crippen LogP contribution >= 0.6 is 12.2 Å². The Labute approximate surface area is 122 Å². The Hall–Kier alpha value is -1.47. The Balaban J connectivity index is 2.06. The maximum absolute atomic E-state index is 11.8. The standard InChI is InChI=1S/C13H15N3O2S2/c17-20(18)8-4-7-11(9-20)16-12(14-15-13(16)19)10-5-2-1-3-6-10/h1-3,5-6,11H,4,7-9H2,(H,15,19). The third-order valence-corrected chi connectivity index (χ3v) is 5.63. The molecule has 1 aromatic heterocycles. The van der Waals surface area contributed by atoms with E-state index in [0.29, 0.717) is 17.0 Å². The summed E-state index contributed by atoms with van der Waals surface area (Å²) in [4.78, 5) is 0. The van der Waals surface area contributed by atoms with Gasteiger partial charge in [0.2, 0.25) is 0 Å². The molecule has 2 aromatic rings. The molecule has 1 saturated heterocycles. The first-order valence-corrected chi connectivity index (χ1v) is 8.72. The van der Waals surface area contributed by atoms with E-state index in [1.54, 1.807) is 0 Å². The van der Waals surface area contributed by atoms with Gasteiger partial charge in [-0.3, -0.25) is 9.67 Å². The first-order chi connectivity index (χ1) is 9.57. The van der Waals surface area contributed by atoms with Gasteiger partial charge in [-0.15, -0.1) is 0 Å². The lowest BCUT2D eigenvalue weighted by Gasteiger charge is -2.24. The van der Waals surface area contributed by atoms with Crippen LogP contribution in [0.25, 0.3) is 11.4 Å². The summed E-state index contributed by atoms with van der Waals surface area (Å²) in [5.74, 6) is 1.12. The zero-order chi connectivity index (χ0) is 14.2. The van der Waals surface area contributed by atoms with Crippen LogP contribution in [0.5, 0.6) is 0 Å². The first kappa shape index (κ1) is 13.5. The summed E-state index contributed by atoms with van der Waals surface area (Å²) in [6.45, 7) is 0. The molecule has 0 spiro atoms. The lowest BCUT2D eigenvalue weighted by molar-refractivity contribution is 0.469. The summed E-state index contributed by atoms with van der Waals surface area (Å²) in [5.41, 5.74) is 0.933. The van der Waals surface area contributed by atoms with Crippen molar-refractivity contribution < 1.29 is 8.42 Å². The third kappa shape index (κ3) is 2.55. The molecule has 0 aliphatic carbocycles. The topological polar surface area (TPSA) is 67.8 Å². The van der Waals surface area contributed by atoms with Crippen LogP contribution in [0.15, 0.2) is 30.3 Å². The van der Waals surface area contributed by atoms with E-state index < -0.39 is 9.84 Å². The van der Waals surface area contributed by atoms with Gasteiger partial charge in [-0.1, -0.05) is 30.3 Å². The highest BCUT2D eigenvalue weighted by atomic mass is 32.2. The number of sulfone groups is 1. The molecule has 5 nitrogen and oxygen atoms in total. The molecule has 0 bridgehead atoms. The Bertz CT molecular complexity index is 762. The van der Waals surface area contributed by atoms with Crippen molar-refractivity contribution in [3.05, 3.63) is 35.1 Å². The lowest BCUT2D eigenvalue weighted by Crippen LogP contribution is -2.28. The molecule has 106 valence electrons. The van der Waals surface area contributed by atoms with Gasteiger partial charge in [0, 0.05) is 5.56 Å². The molecule has 1 atom stereocenters. The summed E-state index contributed by atoms with van der Waals surface area (Å²) < 4.78 is 26.0. The number of nitrogens with one attached hydrogen (secondary N) is 1. The second-order valence-electron chi connectivity index (χ2n) is 5.00. The Kier molecular flexibility index (Phi) is 3.47. The van der Waals surface area contributed by atoms with E-state index in [-0.39, 0.29) is 17.5 Å². The number of hydrogen-bond acceptors (Lipinski definition) is 4. The minimum atomic E-state index is -2.98. The molecule has 1 fully saturated rings. The maximum atomic E-state index is 11.8. The van der Waals surface area contributed by atoms with Gasteiger partial charge in [0.25, 0.3) is 0 Å². The second-order valence-corrected chi connectivity index (χ2v) is 7.61. The van der Waals surface area contributed by atoms with E-state index >= 15 is 0 Å². The van der Waals surface area contributed by atoms with Crippen LogP contribution in [-0.2, 0) is 9.84 Å². The molecule has 0 saturated carbocycles. The monoisotopic (exact) mass is 309 g/mol. The fourth-order valence-electron chi connectivity index (χ4n) is 2.64. The molecule has 7 heteroatoms. The second kappa shape index (κ2) is 5.14. The van der Waals surface area contributed by atoms with E-state index in [2.05, 4.69) is 10.2 Å². The SMILES string of the molecule is O=S1(=O)CCCC(n2c(-c3ccccc3)n[nH]c2=S)C1. The smallest absolute Gasteiger partial charge is 0.195 e. The Morgan fingerprint density at radius 1 is 1.30 bits per heavy atom. The molecule has 3 rings (SSSR count). The molecule has 0 radical (unpaired) electrons. The van der Waals surface area contributed by atoms with Gasteiger partial charge in [0.1, 0.15) is 0 Å². The highest BCUT2D eigenvalue weighted by Gasteiger charge is 2.28. The van der Waals surface area contributed by atoms with Crippen LogP contribution in [0.4, 0.5) is 0 Å². The molecule has 2 heterocycles. The normalized spacial score (nSPS) is 21.7. The molecule has 1 N–H and O–H groups in total. The molecule has 1 aliphatic rings. The highest BCUT2D eigenvalue weighted by Crippen LogP contribution is 2.28. The van der Waals surface area contributed by atoms with Crippen molar-refractivity contribution in [1.29, 1.82) is 0 Å². The predicted octanol–water partition coefficient (Wildman–Crippen LogP) is 2.36. The lowest BCUT2D eigenvalue weighted by atomic mass is 10.1. The van der Waals surface area contributed by atoms with Crippen LogP contribution in [0, 0.1) is 4.77 Å². The number of rotatable bonds is 2. The van der Waals surface area contributed by atoms with Gasteiger partial charge < -0.3 is 0 Å². The molecule has 20 heavy (non-hydrogen) atoms. The van der Waals surface area contributed by atoms with Crippen molar-refractivity contribution >= 4 is 22.1 Å². The summed E-state index contributed by atoms with van der Waals surface area (Å²) >= 11 is 5.28. The summed E-state index contributed by atoms with van der Waals surface area (Å²) in [6.07, 6.45) is 1.49. The van der Waals surface area contributed by atoms with Crippen molar-refractivity contribution in [3.8, 4) is 11.4 Å². The highest BCUT2D eigenvalue weighted by molar-refractivity contribution is 7.91. The predicted molar refractivity (Wildman–Crippen MR) is 79.8 cm³/mol. The zero-order valence-corrected chi connectivity index (χ0v) is 12.5. The summed E-state index contributed by atoms with van der Waals surface area (Å²) in [6, 6.07) is 9.54. The number of hydrogen-bond donors (Lipinski definition) is 1. The van der Waals surface area contributed by atoms with E-state index in [1.165, 1.54) is 0 Å². The average molecular weight is 309 g/mol. The van der Waals surface area contributed by atoms with Gasteiger partial charge >= 0.3 is 0 Å². The Morgan fingerprint density at radius 3 is 2.75 bits per heavy atom. The largest absolute Gasteiger partial charge is 0.296 e. The molecule has 1 aromatic carbocycles. The van der Waals surface area contributed by atoms with Gasteiger partial charge in [-0.25, -0.2) is 8.42 Å². The van der Waals surface area contributed by atoms with Crippen molar-refractivity contribution in [2.45, 2.75) is 18.9 Å². The van der Waals surface area contributed by atoms with Crippen LogP contribution in [-0.4, -0.2) is 34.7 Å². The van der Waals surface area contributed by atoms with Crippen molar-refractivity contribution in [3.63, 3.8) is 0 Å². The van der Waals surface area contributed by atoms with Crippen LogP contribution < -0.4 is 0 Å². The van der Waals surface area contributed by atoms with Crippen LogP contribution in [0.3, 0.4) is 0 Å². The molecule has 0 amide bonds. The average Bonchev–Trinajstić information content (AvgIpc) is 2.80. The van der Waals surface area contributed by atoms with Gasteiger partial charge in [0.05, 0.1) is 17.5 Å². The zero-order valence-electron chi connectivity index (χ0n) is 10.8. The van der Waals surface area contributed by atoms with Gasteiger partial charge in [-0.05, 0) is 25.1 Å². The molecular formula is C13H15N3O2S2. The van der Waals surface area contributed by atoms with Crippen molar-refractivity contribution in [1.82, 2.24) is 14.8 Å². The van der Waals surface area contributed by atoms with E-state index in [1.807, 2.05) is 34.9 Å². The minimum Gasteiger partial charge on any atom is -0.296 e. The fourth-order valence-corrected chi connectivity index (χ4v) is 4.59. The number of aromatic amines is 1. The number of benzene rings is 1. The van der Waals surface area contributed by atoms with Gasteiger partial charge in [-0.2, -0.15) is 5.10 Å². The number of H-pyrrole nitrogens is 1. The van der Waals surface area contributed by atoms with Crippen molar-refractivity contribution in [2.24, 2.45) is 0 Å². The molecule has 1 aliphatic heterocycles. The number of aromatic nitrogens is 3. The maximum Gasteiger partial charge on any atom is 0.195 e. The molecule has 1 unspecified atom stereocenters.